The lowest BCUT2D eigenvalue weighted by molar-refractivity contribution is -0.385. The van der Waals surface area contributed by atoms with Crippen LogP contribution in [0.3, 0.4) is 0 Å². The Bertz CT molecular complexity index is 631. The molecule has 0 bridgehead atoms. The Kier molecular flexibility index (Phi) is 4.14. The lowest BCUT2D eigenvalue weighted by atomic mass is 9.82. The van der Waals surface area contributed by atoms with E-state index >= 15 is 0 Å². The van der Waals surface area contributed by atoms with Gasteiger partial charge < -0.3 is 4.90 Å². The van der Waals surface area contributed by atoms with Crippen molar-refractivity contribution in [1.82, 2.24) is 4.90 Å². The average Bonchev–Trinajstić information content (AvgIpc) is 2.46. The molecule has 0 spiro atoms. The van der Waals surface area contributed by atoms with Gasteiger partial charge in [0, 0.05) is 13.1 Å². The minimum absolute atomic E-state index is 0.00643. The van der Waals surface area contributed by atoms with Gasteiger partial charge in [0.15, 0.2) is 0 Å². The zero-order valence-corrected chi connectivity index (χ0v) is 12.3. The number of hydrogen-bond acceptors (Lipinski definition) is 4. The molecule has 1 saturated heterocycles. The second-order valence-corrected chi connectivity index (χ2v) is 5.76. The van der Waals surface area contributed by atoms with Crippen LogP contribution in [0.5, 0.6) is 0 Å². The van der Waals surface area contributed by atoms with E-state index in [2.05, 4.69) is 6.07 Å². The largest absolute Gasteiger partial charge is 0.338 e. The van der Waals surface area contributed by atoms with Gasteiger partial charge in [0.2, 0.25) is 0 Å². The number of likely N-dealkylation sites (tertiary alicyclic amines) is 1. The van der Waals surface area contributed by atoms with E-state index in [4.69, 9.17) is 16.9 Å². The van der Waals surface area contributed by atoms with E-state index in [9.17, 15) is 14.9 Å². The van der Waals surface area contributed by atoms with Crippen LogP contribution in [-0.4, -0.2) is 28.8 Å². The van der Waals surface area contributed by atoms with Crippen molar-refractivity contribution in [1.29, 1.82) is 5.26 Å². The smallest absolute Gasteiger partial charge is 0.300 e. The first-order chi connectivity index (χ1) is 9.88. The lowest BCUT2D eigenvalue weighted by Gasteiger charge is -2.34. The van der Waals surface area contributed by atoms with Crippen molar-refractivity contribution in [3.05, 3.63) is 38.9 Å². The molecule has 1 amide bonds. The first-order valence-electron chi connectivity index (χ1n) is 6.51. The van der Waals surface area contributed by atoms with E-state index in [1.807, 2.05) is 6.92 Å². The maximum absolute atomic E-state index is 12.5. The number of nitro groups is 1. The topological polar surface area (TPSA) is 87.2 Å². The van der Waals surface area contributed by atoms with Crippen molar-refractivity contribution in [3.8, 4) is 6.07 Å². The molecule has 1 aromatic carbocycles. The second-order valence-electron chi connectivity index (χ2n) is 5.36. The summed E-state index contributed by atoms with van der Waals surface area (Å²) in [4.78, 5) is 24.4. The monoisotopic (exact) mass is 307 g/mol. The second kappa shape index (κ2) is 5.70. The summed E-state index contributed by atoms with van der Waals surface area (Å²) in [5.74, 6) is -0.413. The molecule has 7 heteroatoms. The van der Waals surface area contributed by atoms with Gasteiger partial charge >= 0.3 is 5.69 Å². The molecule has 1 aliphatic rings. The highest BCUT2D eigenvalue weighted by molar-refractivity contribution is 6.33. The molecule has 0 saturated carbocycles. The van der Waals surface area contributed by atoms with Gasteiger partial charge in [-0.15, -0.1) is 0 Å². The summed E-state index contributed by atoms with van der Waals surface area (Å²) in [5, 5.41) is 20.1. The maximum Gasteiger partial charge on any atom is 0.300 e. The highest BCUT2D eigenvalue weighted by atomic mass is 35.5. The van der Waals surface area contributed by atoms with E-state index in [0.29, 0.717) is 25.9 Å². The summed E-state index contributed by atoms with van der Waals surface area (Å²) in [6, 6.07) is 6.57. The van der Waals surface area contributed by atoms with Crippen LogP contribution in [0.1, 0.15) is 30.1 Å². The van der Waals surface area contributed by atoms with Crippen LogP contribution in [0.2, 0.25) is 5.02 Å². The SMILES string of the molecule is CC1(C#N)CCN(C(=O)c2cccc(Cl)c2[N+](=O)[O-])CC1. The Labute approximate surface area is 127 Å². The summed E-state index contributed by atoms with van der Waals surface area (Å²) >= 11 is 5.82. The highest BCUT2D eigenvalue weighted by Gasteiger charge is 2.34. The zero-order valence-electron chi connectivity index (χ0n) is 11.5. The Morgan fingerprint density at radius 1 is 1.48 bits per heavy atom. The molecular formula is C14H14ClN3O3. The van der Waals surface area contributed by atoms with Gasteiger partial charge in [-0.25, -0.2) is 0 Å². The zero-order chi connectivity index (χ0) is 15.6. The van der Waals surface area contributed by atoms with Crippen molar-refractivity contribution in [3.63, 3.8) is 0 Å². The molecule has 6 nitrogen and oxygen atoms in total. The number of hydrogen-bond donors (Lipinski definition) is 0. The third-order valence-corrected chi connectivity index (χ3v) is 4.13. The molecule has 0 aromatic heterocycles. The summed E-state index contributed by atoms with van der Waals surface area (Å²) in [6.07, 6.45) is 1.12. The van der Waals surface area contributed by atoms with E-state index in [1.165, 1.54) is 23.1 Å². The number of nitrogens with zero attached hydrogens (tertiary/aromatic N) is 3. The first kappa shape index (κ1) is 15.3. The van der Waals surface area contributed by atoms with Gasteiger partial charge in [-0.1, -0.05) is 17.7 Å². The van der Waals surface area contributed by atoms with Gasteiger partial charge in [0.05, 0.1) is 16.4 Å². The molecule has 1 aromatic rings. The summed E-state index contributed by atoms with van der Waals surface area (Å²) in [6.45, 7) is 2.68. The van der Waals surface area contributed by atoms with Crippen LogP contribution in [0.4, 0.5) is 5.69 Å². The Morgan fingerprint density at radius 2 is 2.10 bits per heavy atom. The molecule has 1 aliphatic heterocycles. The van der Waals surface area contributed by atoms with Gasteiger partial charge in [-0.3, -0.25) is 14.9 Å². The number of halogens is 1. The van der Waals surface area contributed by atoms with Crippen LogP contribution < -0.4 is 0 Å². The van der Waals surface area contributed by atoms with Crippen LogP contribution in [-0.2, 0) is 0 Å². The Morgan fingerprint density at radius 3 is 2.62 bits per heavy atom. The van der Waals surface area contributed by atoms with Crippen molar-refractivity contribution in [2.75, 3.05) is 13.1 Å². The summed E-state index contributed by atoms with van der Waals surface area (Å²) < 4.78 is 0. The van der Waals surface area contributed by atoms with E-state index < -0.39 is 16.2 Å². The highest BCUT2D eigenvalue weighted by Crippen LogP contribution is 2.33. The predicted molar refractivity (Wildman–Crippen MR) is 77.0 cm³/mol. The molecule has 21 heavy (non-hydrogen) atoms. The Hall–Kier alpha value is -2.13. The van der Waals surface area contributed by atoms with Gasteiger partial charge in [0.25, 0.3) is 5.91 Å². The molecule has 110 valence electrons. The van der Waals surface area contributed by atoms with Crippen molar-refractivity contribution >= 4 is 23.2 Å². The number of carbonyl (C=O) groups excluding carboxylic acids is 1. The van der Waals surface area contributed by atoms with Crippen molar-refractivity contribution in [2.45, 2.75) is 19.8 Å². The predicted octanol–water partition coefficient (Wildman–Crippen LogP) is 3.01. The molecule has 1 fully saturated rings. The van der Waals surface area contributed by atoms with Crippen LogP contribution >= 0.6 is 11.6 Å². The average molecular weight is 308 g/mol. The molecular weight excluding hydrogens is 294 g/mol. The number of carbonyl (C=O) groups is 1. The number of amides is 1. The number of nitriles is 1. The standard InChI is InChI=1S/C14H14ClN3O3/c1-14(9-16)5-7-17(8-6-14)13(19)10-3-2-4-11(15)12(10)18(20)21/h2-4H,5-8H2,1H3. The maximum atomic E-state index is 12.5. The lowest BCUT2D eigenvalue weighted by Crippen LogP contribution is -2.41. The molecule has 2 rings (SSSR count). The number of rotatable bonds is 2. The van der Waals surface area contributed by atoms with Crippen LogP contribution in [0, 0.1) is 26.9 Å². The number of para-hydroxylation sites is 1. The first-order valence-corrected chi connectivity index (χ1v) is 6.89. The minimum atomic E-state index is -0.640. The quantitative estimate of drug-likeness (QED) is 0.620. The Balaban J connectivity index is 2.25. The number of piperidine rings is 1. The third kappa shape index (κ3) is 2.98. The molecule has 0 aliphatic carbocycles. The van der Waals surface area contributed by atoms with E-state index in [1.54, 1.807) is 0 Å². The molecule has 0 unspecified atom stereocenters. The van der Waals surface area contributed by atoms with Crippen molar-refractivity contribution in [2.24, 2.45) is 5.41 Å². The van der Waals surface area contributed by atoms with Crippen molar-refractivity contribution < 1.29 is 9.72 Å². The third-order valence-electron chi connectivity index (χ3n) is 3.82. The number of nitro benzene ring substituents is 1. The minimum Gasteiger partial charge on any atom is -0.338 e. The summed E-state index contributed by atoms with van der Waals surface area (Å²) in [7, 11) is 0. The molecule has 0 radical (unpaired) electrons. The molecule has 0 N–H and O–H groups in total. The molecule has 0 atom stereocenters. The van der Waals surface area contributed by atoms with Crippen LogP contribution in [0.15, 0.2) is 18.2 Å². The van der Waals surface area contributed by atoms with Gasteiger partial charge in [0.1, 0.15) is 10.6 Å². The molecule has 1 heterocycles. The number of benzene rings is 1. The summed E-state index contributed by atoms with van der Waals surface area (Å²) in [5.41, 5.74) is -0.803. The van der Waals surface area contributed by atoms with Crippen LogP contribution in [0.25, 0.3) is 0 Å². The van der Waals surface area contributed by atoms with Gasteiger partial charge in [-0.05, 0) is 31.9 Å². The fourth-order valence-corrected chi connectivity index (χ4v) is 2.60. The fourth-order valence-electron chi connectivity index (χ4n) is 2.36. The normalized spacial score (nSPS) is 17.1. The van der Waals surface area contributed by atoms with E-state index in [0.717, 1.165) is 0 Å². The van der Waals surface area contributed by atoms with Gasteiger partial charge in [-0.2, -0.15) is 5.26 Å². The van der Waals surface area contributed by atoms with E-state index in [-0.39, 0.29) is 16.3 Å². The fraction of sp³-hybridized carbons (Fsp3) is 0.429.